The third-order valence-corrected chi connectivity index (χ3v) is 3.27. The summed E-state index contributed by atoms with van der Waals surface area (Å²) < 4.78 is 2.01. The highest BCUT2D eigenvalue weighted by atomic mass is 16.2. The van der Waals surface area contributed by atoms with Crippen molar-refractivity contribution < 1.29 is 4.79 Å². The number of aromatic nitrogens is 1. The van der Waals surface area contributed by atoms with Gasteiger partial charge >= 0.3 is 0 Å². The second kappa shape index (κ2) is 6.94. The average Bonchev–Trinajstić information content (AvgIpc) is 3.01. The predicted molar refractivity (Wildman–Crippen MR) is 82.3 cm³/mol. The first-order valence-corrected chi connectivity index (χ1v) is 7.29. The van der Waals surface area contributed by atoms with Crippen LogP contribution >= 0.6 is 0 Å². The molecule has 0 aliphatic carbocycles. The lowest BCUT2D eigenvalue weighted by Gasteiger charge is -2.21. The molecule has 0 N–H and O–H groups in total. The van der Waals surface area contributed by atoms with Gasteiger partial charge in [-0.1, -0.05) is 19.9 Å². The molecule has 2 rings (SSSR count). The molecule has 0 bridgehead atoms. The summed E-state index contributed by atoms with van der Waals surface area (Å²) in [5.74, 6) is 0.128. The van der Waals surface area contributed by atoms with Gasteiger partial charge in [-0.2, -0.15) is 0 Å². The summed E-state index contributed by atoms with van der Waals surface area (Å²) in [6.45, 7) is 5.85. The summed E-state index contributed by atoms with van der Waals surface area (Å²) in [6, 6.07) is 11.8. The van der Waals surface area contributed by atoms with E-state index in [1.165, 1.54) is 0 Å². The van der Waals surface area contributed by atoms with E-state index in [1.54, 1.807) is 0 Å². The molecule has 1 heterocycles. The van der Waals surface area contributed by atoms with E-state index in [4.69, 9.17) is 0 Å². The van der Waals surface area contributed by atoms with E-state index in [1.807, 2.05) is 58.3 Å². The van der Waals surface area contributed by atoms with E-state index < -0.39 is 0 Å². The Morgan fingerprint density at radius 2 is 1.70 bits per heavy atom. The van der Waals surface area contributed by atoms with Crippen molar-refractivity contribution in [1.82, 2.24) is 9.47 Å². The zero-order chi connectivity index (χ0) is 14.4. The highest BCUT2D eigenvalue weighted by Gasteiger charge is 2.14. The standard InChI is InChI=1S/C17H22N2O/c1-3-10-19(11-4-2)17(20)15-8-7-9-16(14-15)18-12-5-6-13-18/h5-9,12-14H,3-4,10-11H2,1-2H3. The monoisotopic (exact) mass is 270 g/mol. The van der Waals surface area contributed by atoms with Crippen molar-refractivity contribution in [1.29, 1.82) is 0 Å². The fraction of sp³-hybridized carbons (Fsp3) is 0.353. The molecule has 0 aliphatic rings. The maximum atomic E-state index is 12.6. The van der Waals surface area contributed by atoms with Crippen molar-refractivity contribution in [2.24, 2.45) is 0 Å². The largest absolute Gasteiger partial charge is 0.339 e. The summed E-state index contributed by atoms with van der Waals surface area (Å²) >= 11 is 0. The Hall–Kier alpha value is -2.03. The number of amides is 1. The molecule has 0 saturated carbocycles. The van der Waals surface area contributed by atoms with Gasteiger partial charge in [-0.15, -0.1) is 0 Å². The Morgan fingerprint density at radius 3 is 2.30 bits per heavy atom. The smallest absolute Gasteiger partial charge is 0.253 e. The Balaban J connectivity index is 2.23. The lowest BCUT2D eigenvalue weighted by atomic mass is 10.1. The minimum Gasteiger partial charge on any atom is -0.339 e. The van der Waals surface area contributed by atoms with Gasteiger partial charge in [0.2, 0.25) is 0 Å². The van der Waals surface area contributed by atoms with Crippen molar-refractivity contribution in [2.75, 3.05) is 13.1 Å². The van der Waals surface area contributed by atoms with Crippen LogP contribution in [0, 0.1) is 0 Å². The Bertz CT molecular complexity index is 540. The molecular weight excluding hydrogens is 248 g/mol. The number of benzene rings is 1. The third kappa shape index (κ3) is 3.29. The number of nitrogens with zero attached hydrogens (tertiary/aromatic N) is 2. The molecule has 1 aromatic carbocycles. The fourth-order valence-electron chi connectivity index (χ4n) is 2.34. The lowest BCUT2D eigenvalue weighted by Crippen LogP contribution is -2.32. The molecule has 0 saturated heterocycles. The van der Waals surface area contributed by atoms with Crippen LogP contribution in [0.1, 0.15) is 37.0 Å². The minimum atomic E-state index is 0.128. The first kappa shape index (κ1) is 14.4. The van der Waals surface area contributed by atoms with Crippen molar-refractivity contribution in [3.05, 3.63) is 54.4 Å². The van der Waals surface area contributed by atoms with Crippen LogP contribution in [0.5, 0.6) is 0 Å². The van der Waals surface area contributed by atoms with E-state index in [0.717, 1.165) is 37.2 Å². The van der Waals surface area contributed by atoms with Crippen LogP contribution in [0.25, 0.3) is 5.69 Å². The maximum Gasteiger partial charge on any atom is 0.253 e. The zero-order valence-corrected chi connectivity index (χ0v) is 12.2. The second-order valence-corrected chi connectivity index (χ2v) is 4.93. The number of carbonyl (C=O) groups is 1. The quantitative estimate of drug-likeness (QED) is 0.785. The molecular formula is C17H22N2O. The van der Waals surface area contributed by atoms with E-state index in [2.05, 4.69) is 13.8 Å². The topological polar surface area (TPSA) is 25.2 Å². The average molecular weight is 270 g/mol. The van der Waals surface area contributed by atoms with E-state index in [0.29, 0.717) is 0 Å². The Kier molecular flexibility index (Phi) is 4.99. The molecule has 106 valence electrons. The molecule has 20 heavy (non-hydrogen) atoms. The molecule has 0 fully saturated rings. The third-order valence-electron chi connectivity index (χ3n) is 3.27. The van der Waals surface area contributed by atoms with Crippen LogP contribution in [0.15, 0.2) is 48.8 Å². The predicted octanol–water partition coefficient (Wildman–Crippen LogP) is 3.74. The molecule has 0 radical (unpaired) electrons. The van der Waals surface area contributed by atoms with Gasteiger partial charge in [-0.25, -0.2) is 0 Å². The molecule has 1 aromatic heterocycles. The molecule has 1 amide bonds. The van der Waals surface area contributed by atoms with E-state index in [9.17, 15) is 4.79 Å². The molecule has 3 heteroatoms. The normalized spacial score (nSPS) is 10.5. The van der Waals surface area contributed by atoms with Crippen LogP contribution in [0.2, 0.25) is 0 Å². The van der Waals surface area contributed by atoms with Gasteiger partial charge in [0.25, 0.3) is 5.91 Å². The summed E-state index contributed by atoms with van der Waals surface area (Å²) in [4.78, 5) is 14.5. The first-order valence-electron chi connectivity index (χ1n) is 7.29. The van der Waals surface area contributed by atoms with Crippen molar-refractivity contribution in [2.45, 2.75) is 26.7 Å². The highest BCUT2D eigenvalue weighted by molar-refractivity contribution is 5.94. The Morgan fingerprint density at radius 1 is 1.05 bits per heavy atom. The van der Waals surface area contributed by atoms with Gasteiger partial charge in [-0.3, -0.25) is 4.79 Å². The second-order valence-electron chi connectivity index (χ2n) is 4.93. The van der Waals surface area contributed by atoms with Crippen LogP contribution < -0.4 is 0 Å². The number of hydrogen-bond donors (Lipinski definition) is 0. The van der Waals surface area contributed by atoms with Gasteiger partial charge in [-0.05, 0) is 43.2 Å². The van der Waals surface area contributed by atoms with Crippen LogP contribution in [0.3, 0.4) is 0 Å². The van der Waals surface area contributed by atoms with Crippen molar-refractivity contribution >= 4 is 5.91 Å². The summed E-state index contributed by atoms with van der Waals surface area (Å²) in [5.41, 5.74) is 1.78. The minimum absolute atomic E-state index is 0.128. The summed E-state index contributed by atoms with van der Waals surface area (Å²) in [5, 5.41) is 0. The molecule has 0 atom stereocenters. The number of carbonyl (C=O) groups excluding carboxylic acids is 1. The summed E-state index contributed by atoms with van der Waals surface area (Å²) in [7, 11) is 0. The number of rotatable bonds is 6. The molecule has 0 aliphatic heterocycles. The van der Waals surface area contributed by atoms with Crippen LogP contribution in [-0.2, 0) is 0 Å². The maximum absolute atomic E-state index is 12.6. The van der Waals surface area contributed by atoms with Gasteiger partial charge in [0.1, 0.15) is 0 Å². The molecule has 0 unspecified atom stereocenters. The number of hydrogen-bond acceptors (Lipinski definition) is 1. The molecule has 0 spiro atoms. The van der Waals surface area contributed by atoms with Crippen LogP contribution in [0.4, 0.5) is 0 Å². The van der Waals surface area contributed by atoms with Gasteiger partial charge in [0.05, 0.1) is 0 Å². The SMILES string of the molecule is CCCN(CCC)C(=O)c1cccc(-n2cccc2)c1. The first-order chi connectivity index (χ1) is 9.76. The Labute approximate surface area is 120 Å². The molecule has 2 aromatic rings. The summed E-state index contributed by atoms with van der Waals surface area (Å²) in [6.07, 6.45) is 5.95. The highest BCUT2D eigenvalue weighted by Crippen LogP contribution is 2.13. The van der Waals surface area contributed by atoms with E-state index >= 15 is 0 Å². The van der Waals surface area contributed by atoms with Gasteiger partial charge in [0.15, 0.2) is 0 Å². The van der Waals surface area contributed by atoms with Crippen LogP contribution in [-0.4, -0.2) is 28.5 Å². The zero-order valence-electron chi connectivity index (χ0n) is 12.2. The van der Waals surface area contributed by atoms with Gasteiger partial charge in [0, 0.05) is 36.7 Å². The van der Waals surface area contributed by atoms with Crippen molar-refractivity contribution in [3.8, 4) is 5.69 Å². The van der Waals surface area contributed by atoms with Crippen molar-refractivity contribution in [3.63, 3.8) is 0 Å². The fourth-order valence-corrected chi connectivity index (χ4v) is 2.34. The lowest BCUT2D eigenvalue weighted by molar-refractivity contribution is 0.0755. The van der Waals surface area contributed by atoms with E-state index in [-0.39, 0.29) is 5.91 Å². The molecule has 3 nitrogen and oxygen atoms in total. The van der Waals surface area contributed by atoms with Gasteiger partial charge < -0.3 is 9.47 Å².